The van der Waals surface area contributed by atoms with Crippen LogP contribution in [0.3, 0.4) is 0 Å². The summed E-state index contributed by atoms with van der Waals surface area (Å²) in [4.78, 5) is 18.4. The standard InChI is InChI=1S/C27H35N9OS/c1-34-9-11-35(12-10-34)20-4-6-21(7-5-20)36-27-24(26(28)30-16-31-27)25(33-36)18-3-8-22(23(13-18)37-2)29-14-19-15-38-17-32-19/h3,8,13,15-17,20-21,29H,4-7,9-12,14H2,1-2H3,(H2,28,30,31). The maximum atomic E-state index is 6.41. The number of hydrogen-bond acceptors (Lipinski definition) is 10. The number of nitrogens with one attached hydrogen (secondary N) is 1. The Hall–Kier alpha value is -3.28. The molecule has 1 aliphatic heterocycles. The highest BCUT2D eigenvalue weighted by Gasteiger charge is 2.30. The first-order valence-electron chi connectivity index (χ1n) is 13.3. The number of likely N-dealkylation sites (N-methyl/N-ethyl adjacent to an activating group) is 1. The Kier molecular flexibility index (Phi) is 7.14. The second-order valence-electron chi connectivity index (χ2n) is 10.3. The molecule has 1 aliphatic carbocycles. The minimum atomic E-state index is 0.296. The Morgan fingerprint density at radius 2 is 1.84 bits per heavy atom. The van der Waals surface area contributed by atoms with E-state index in [0.717, 1.165) is 65.4 Å². The van der Waals surface area contributed by atoms with Gasteiger partial charge in [0.2, 0.25) is 0 Å². The molecule has 200 valence electrons. The average molecular weight is 534 g/mol. The highest BCUT2D eigenvalue weighted by Crippen LogP contribution is 2.39. The van der Waals surface area contributed by atoms with Crippen LogP contribution in [-0.4, -0.2) is 80.9 Å². The summed E-state index contributed by atoms with van der Waals surface area (Å²) in [6.45, 7) is 5.29. The summed E-state index contributed by atoms with van der Waals surface area (Å²) in [5.41, 5.74) is 12.7. The lowest BCUT2D eigenvalue weighted by atomic mass is 9.90. The van der Waals surface area contributed by atoms with Crippen LogP contribution in [0.4, 0.5) is 11.5 Å². The molecule has 0 spiro atoms. The predicted octanol–water partition coefficient (Wildman–Crippen LogP) is 3.88. The molecule has 1 saturated heterocycles. The molecule has 10 nitrogen and oxygen atoms in total. The van der Waals surface area contributed by atoms with E-state index in [2.05, 4.69) is 47.9 Å². The van der Waals surface area contributed by atoms with Gasteiger partial charge in [-0.3, -0.25) is 4.90 Å². The molecular formula is C27H35N9OS. The van der Waals surface area contributed by atoms with E-state index in [1.807, 2.05) is 23.0 Å². The van der Waals surface area contributed by atoms with Gasteiger partial charge < -0.3 is 20.7 Å². The topological polar surface area (TPSA) is 110 Å². The summed E-state index contributed by atoms with van der Waals surface area (Å²) in [5.74, 6) is 1.19. The molecule has 3 N–H and O–H groups in total. The van der Waals surface area contributed by atoms with Crippen LogP contribution in [-0.2, 0) is 6.54 Å². The summed E-state index contributed by atoms with van der Waals surface area (Å²) in [6.07, 6.45) is 6.07. The van der Waals surface area contributed by atoms with Crippen molar-refractivity contribution in [3.8, 4) is 17.0 Å². The number of fused-ring (bicyclic) bond motifs is 1. The number of nitrogens with two attached hydrogens (primary N) is 1. The van der Waals surface area contributed by atoms with Gasteiger partial charge in [0.1, 0.15) is 23.6 Å². The summed E-state index contributed by atoms with van der Waals surface area (Å²) < 4.78 is 7.83. The van der Waals surface area contributed by atoms with Crippen molar-refractivity contribution in [2.45, 2.75) is 44.3 Å². The summed E-state index contributed by atoms with van der Waals surface area (Å²) in [7, 11) is 3.89. The summed E-state index contributed by atoms with van der Waals surface area (Å²) >= 11 is 1.59. The van der Waals surface area contributed by atoms with Crippen molar-refractivity contribution < 1.29 is 4.74 Å². The Morgan fingerprint density at radius 1 is 1.05 bits per heavy atom. The molecule has 0 radical (unpaired) electrons. The number of thiazole rings is 1. The van der Waals surface area contributed by atoms with Gasteiger partial charge in [0.25, 0.3) is 0 Å². The Labute approximate surface area is 226 Å². The molecule has 6 rings (SSSR count). The number of anilines is 2. The van der Waals surface area contributed by atoms with Crippen LogP contribution >= 0.6 is 11.3 Å². The van der Waals surface area contributed by atoms with E-state index >= 15 is 0 Å². The van der Waals surface area contributed by atoms with E-state index in [-0.39, 0.29) is 0 Å². The van der Waals surface area contributed by atoms with Crippen LogP contribution < -0.4 is 15.8 Å². The molecule has 4 heterocycles. The molecule has 11 heteroatoms. The molecular weight excluding hydrogens is 498 g/mol. The second kappa shape index (κ2) is 10.8. The quantitative estimate of drug-likeness (QED) is 0.366. The number of rotatable bonds is 7. The lowest BCUT2D eigenvalue weighted by Crippen LogP contribution is -2.49. The lowest BCUT2D eigenvalue weighted by molar-refractivity contribution is 0.0815. The number of aromatic nitrogens is 5. The Morgan fingerprint density at radius 3 is 2.58 bits per heavy atom. The molecule has 1 aromatic carbocycles. The molecule has 2 fully saturated rings. The molecule has 0 amide bonds. The zero-order valence-electron chi connectivity index (χ0n) is 22.0. The van der Waals surface area contributed by atoms with Crippen LogP contribution in [0.25, 0.3) is 22.3 Å². The molecule has 4 aromatic rings. The third-order valence-corrected chi connectivity index (χ3v) is 8.64. The third kappa shape index (κ3) is 4.93. The van der Waals surface area contributed by atoms with Gasteiger partial charge in [-0.2, -0.15) is 5.10 Å². The first-order valence-corrected chi connectivity index (χ1v) is 14.3. The van der Waals surface area contributed by atoms with Crippen molar-refractivity contribution in [3.63, 3.8) is 0 Å². The fourth-order valence-electron chi connectivity index (χ4n) is 5.80. The Bertz CT molecular complexity index is 1370. The van der Waals surface area contributed by atoms with Gasteiger partial charge in [0, 0.05) is 43.2 Å². The van der Waals surface area contributed by atoms with E-state index in [0.29, 0.717) is 24.4 Å². The minimum absolute atomic E-state index is 0.296. The number of benzene rings is 1. The second-order valence-corrected chi connectivity index (χ2v) is 11.0. The van der Waals surface area contributed by atoms with Crippen molar-refractivity contribution in [1.29, 1.82) is 0 Å². The van der Waals surface area contributed by atoms with Crippen molar-refractivity contribution >= 4 is 33.9 Å². The van der Waals surface area contributed by atoms with E-state index in [4.69, 9.17) is 15.6 Å². The fourth-order valence-corrected chi connectivity index (χ4v) is 6.36. The van der Waals surface area contributed by atoms with Crippen molar-refractivity contribution in [3.05, 3.63) is 41.1 Å². The smallest absolute Gasteiger partial charge is 0.164 e. The van der Waals surface area contributed by atoms with Crippen LogP contribution in [0.1, 0.15) is 37.4 Å². The van der Waals surface area contributed by atoms with Gasteiger partial charge in [0.05, 0.1) is 42.0 Å². The van der Waals surface area contributed by atoms with Crippen molar-refractivity contribution in [2.75, 3.05) is 51.4 Å². The van der Waals surface area contributed by atoms with Gasteiger partial charge >= 0.3 is 0 Å². The van der Waals surface area contributed by atoms with Gasteiger partial charge in [-0.05, 0) is 44.9 Å². The highest BCUT2D eigenvalue weighted by atomic mass is 32.1. The monoisotopic (exact) mass is 533 g/mol. The minimum Gasteiger partial charge on any atom is -0.495 e. The molecule has 0 atom stereocenters. The molecule has 1 saturated carbocycles. The molecule has 2 aliphatic rings. The number of nitrogen functional groups attached to an aromatic ring is 1. The van der Waals surface area contributed by atoms with Gasteiger partial charge in [-0.25, -0.2) is 19.6 Å². The van der Waals surface area contributed by atoms with Crippen LogP contribution in [0.5, 0.6) is 5.75 Å². The summed E-state index contributed by atoms with van der Waals surface area (Å²) in [6, 6.07) is 7.04. The zero-order valence-corrected chi connectivity index (χ0v) is 22.8. The van der Waals surface area contributed by atoms with E-state index < -0.39 is 0 Å². The fraction of sp³-hybridized carbons (Fsp3) is 0.481. The van der Waals surface area contributed by atoms with E-state index in [1.165, 1.54) is 25.9 Å². The maximum Gasteiger partial charge on any atom is 0.164 e. The highest BCUT2D eigenvalue weighted by molar-refractivity contribution is 7.07. The van der Waals surface area contributed by atoms with Crippen LogP contribution in [0, 0.1) is 0 Å². The zero-order chi connectivity index (χ0) is 26.1. The number of hydrogen-bond donors (Lipinski definition) is 2. The van der Waals surface area contributed by atoms with E-state index in [9.17, 15) is 0 Å². The van der Waals surface area contributed by atoms with Gasteiger partial charge in [-0.1, -0.05) is 6.07 Å². The average Bonchev–Trinajstić information content (AvgIpc) is 3.61. The van der Waals surface area contributed by atoms with Crippen LogP contribution in [0.2, 0.25) is 0 Å². The SMILES string of the molecule is COc1cc(-c2nn(C3CCC(N4CCN(C)CC4)CC3)c3ncnc(N)c23)ccc1NCc1cscn1. The molecule has 0 unspecified atom stereocenters. The van der Waals surface area contributed by atoms with E-state index in [1.54, 1.807) is 24.8 Å². The first-order chi connectivity index (χ1) is 18.6. The predicted molar refractivity (Wildman–Crippen MR) is 152 cm³/mol. The number of nitrogens with zero attached hydrogens (tertiary/aromatic N) is 7. The summed E-state index contributed by atoms with van der Waals surface area (Å²) in [5, 5.41) is 11.4. The number of piperazine rings is 1. The first kappa shape index (κ1) is 25.0. The maximum absolute atomic E-state index is 6.41. The number of ether oxygens (including phenoxy) is 1. The number of methoxy groups -OCH3 is 1. The normalized spacial score (nSPS) is 21.1. The molecule has 0 bridgehead atoms. The van der Waals surface area contributed by atoms with Crippen molar-refractivity contribution in [1.82, 2.24) is 34.5 Å². The largest absolute Gasteiger partial charge is 0.495 e. The van der Waals surface area contributed by atoms with Crippen molar-refractivity contribution in [2.24, 2.45) is 0 Å². The van der Waals surface area contributed by atoms with Gasteiger partial charge in [0.15, 0.2) is 5.65 Å². The molecule has 38 heavy (non-hydrogen) atoms. The van der Waals surface area contributed by atoms with Crippen LogP contribution in [0.15, 0.2) is 35.4 Å². The lowest BCUT2D eigenvalue weighted by Gasteiger charge is -2.41. The third-order valence-electron chi connectivity index (χ3n) is 8.00. The van der Waals surface area contributed by atoms with Gasteiger partial charge in [-0.15, -0.1) is 11.3 Å². The Balaban J connectivity index is 1.26. The molecule has 3 aromatic heterocycles.